The number of carbonyl (C=O) groups is 1. The Morgan fingerprint density at radius 2 is 1.83 bits per heavy atom. The molecule has 2 rings (SSSR count). The zero-order chi connectivity index (χ0) is 12.8. The lowest BCUT2D eigenvalue weighted by atomic mass is 10.1. The van der Waals surface area contributed by atoms with Crippen LogP contribution < -0.4 is 0 Å². The van der Waals surface area contributed by atoms with Gasteiger partial charge in [0, 0.05) is 12.4 Å². The van der Waals surface area contributed by atoms with Crippen molar-refractivity contribution in [3.8, 4) is 0 Å². The summed E-state index contributed by atoms with van der Waals surface area (Å²) in [5, 5.41) is 0. The van der Waals surface area contributed by atoms with Gasteiger partial charge in [-0.3, -0.25) is 4.98 Å². The van der Waals surface area contributed by atoms with Crippen LogP contribution in [0.15, 0.2) is 48.8 Å². The third-order valence-corrected chi connectivity index (χ3v) is 2.48. The average molecular weight is 239 g/mol. The lowest BCUT2D eigenvalue weighted by molar-refractivity contribution is 0.0600. The van der Waals surface area contributed by atoms with Crippen molar-refractivity contribution < 1.29 is 9.53 Å². The van der Waals surface area contributed by atoms with Gasteiger partial charge in [-0.2, -0.15) is 0 Å². The minimum Gasteiger partial charge on any atom is -0.465 e. The van der Waals surface area contributed by atoms with Crippen molar-refractivity contribution in [1.82, 2.24) is 4.98 Å². The molecule has 0 fully saturated rings. The summed E-state index contributed by atoms with van der Waals surface area (Å²) in [6.07, 6.45) is 7.40. The predicted molar refractivity (Wildman–Crippen MR) is 70.9 cm³/mol. The van der Waals surface area contributed by atoms with E-state index in [9.17, 15) is 4.79 Å². The SMILES string of the molecule is COC(=O)c1cccc(/C=C/c2ccncc2)c1. The van der Waals surface area contributed by atoms with Crippen LogP contribution in [0.4, 0.5) is 0 Å². The van der Waals surface area contributed by atoms with Crippen LogP contribution in [-0.2, 0) is 4.74 Å². The fourth-order valence-electron chi connectivity index (χ4n) is 1.55. The molecule has 0 spiro atoms. The number of methoxy groups -OCH3 is 1. The molecule has 0 amide bonds. The molecule has 3 heteroatoms. The van der Waals surface area contributed by atoms with E-state index in [1.807, 2.05) is 36.4 Å². The molecule has 0 atom stereocenters. The van der Waals surface area contributed by atoms with Crippen LogP contribution in [0.3, 0.4) is 0 Å². The van der Waals surface area contributed by atoms with Gasteiger partial charge in [-0.05, 0) is 35.4 Å². The Kier molecular flexibility index (Phi) is 3.86. The van der Waals surface area contributed by atoms with Crippen LogP contribution in [0, 0.1) is 0 Å². The van der Waals surface area contributed by atoms with Crippen LogP contribution in [0.2, 0.25) is 0 Å². The molecular formula is C15H13NO2. The van der Waals surface area contributed by atoms with Crippen molar-refractivity contribution in [2.75, 3.05) is 7.11 Å². The Labute approximate surface area is 106 Å². The Bertz CT molecular complexity index is 562. The summed E-state index contributed by atoms with van der Waals surface area (Å²) < 4.78 is 4.68. The number of hydrogen-bond acceptors (Lipinski definition) is 3. The fourth-order valence-corrected chi connectivity index (χ4v) is 1.55. The number of carbonyl (C=O) groups excluding carboxylic acids is 1. The van der Waals surface area contributed by atoms with E-state index in [0.717, 1.165) is 11.1 Å². The highest BCUT2D eigenvalue weighted by atomic mass is 16.5. The summed E-state index contributed by atoms with van der Waals surface area (Å²) in [6.45, 7) is 0. The molecule has 2 aromatic rings. The molecule has 0 radical (unpaired) electrons. The van der Waals surface area contributed by atoms with E-state index >= 15 is 0 Å². The van der Waals surface area contributed by atoms with Gasteiger partial charge in [0.05, 0.1) is 12.7 Å². The third kappa shape index (κ3) is 3.04. The van der Waals surface area contributed by atoms with Crippen molar-refractivity contribution in [3.63, 3.8) is 0 Å². The van der Waals surface area contributed by atoms with E-state index in [-0.39, 0.29) is 5.97 Å². The van der Waals surface area contributed by atoms with E-state index < -0.39 is 0 Å². The van der Waals surface area contributed by atoms with E-state index in [0.29, 0.717) is 5.56 Å². The number of pyridine rings is 1. The Morgan fingerprint density at radius 3 is 2.56 bits per heavy atom. The fraction of sp³-hybridized carbons (Fsp3) is 0.0667. The van der Waals surface area contributed by atoms with Crippen molar-refractivity contribution in [2.45, 2.75) is 0 Å². The lowest BCUT2D eigenvalue weighted by Crippen LogP contribution is -2.00. The summed E-state index contributed by atoms with van der Waals surface area (Å²) in [5.74, 6) is -0.325. The molecule has 0 aliphatic rings. The Balaban J connectivity index is 2.20. The minimum atomic E-state index is -0.325. The zero-order valence-corrected chi connectivity index (χ0v) is 10.0. The first kappa shape index (κ1) is 12.0. The number of benzene rings is 1. The lowest BCUT2D eigenvalue weighted by Gasteiger charge is -2.00. The summed E-state index contributed by atoms with van der Waals surface area (Å²) in [7, 11) is 1.38. The molecule has 0 saturated heterocycles. The van der Waals surface area contributed by atoms with Crippen LogP contribution >= 0.6 is 0 Å². The van der Waals surface area contributed by atoms with Crippen molar-refractivity contribution in [3.05, 3.63) is 65.5 Å². The molecule has 0 aliphatic heterocycles. The first-order valence-electron chi connectivity index (χ1n) is 5.56. The van der Waals surface area contributed by atoms with E-state index in [1.165, 1.54) is 7.11 Å². The van der Waals surface area contributed by atoms with Crippen molar-refractivity contribution in [1.29, 1.82) is 0 Å². The second kappa shape index (κ2) is 5.77. The average Bonchev–Trinajstić information content (AvgIpc) is 2.45. The van der Waals surface area contributed by atoms with Crippen molar-refractivity contribution in [2.24, 2.45) is 0 Å². The van der Waals surface area contributed by atoms with E-state index in [1.54, 1.807) is 24.5 Å². The van der Waals surface area contributed by atoms with Crippen LogP contribution in [0.25, 0.3) is 12.2 Å². The molecule has 0 N–H and O–H groups in total. The Hall–Kier alpha value is -2.42. The van der Waals surface area contributed by atoms with Crippen LogP contribution in [-0.4, -0.2) is 18.1 Å². The molecular weight excluding hydrogens is 226 g/mol. The van der Waals surface area contributed by atoms with Gasteiger partial charge in [-0.25, -0.2) is 4.79 Å². The molecule has 3 nitrogen and oxygen atoms in total. The number of ether oxygens (including phenoxy) is 1. The maximum absolute atomic E-state index is 11.4. The molecule has 0 unspecified atom stereocenters. The molecule has 1 aromatic carbocycles. The van der Waals surface area contributed by atoms with Gasteiger partial charge in [0.1, 0.15) is 0 Å². The normalized spacial score (nSPS) is 10.5. The second-order valence-corrected chi connectivity index (χ2v) is 3.73. The highest BCUT2D eigenvalue weighted by molar-refractivity contribution is 5.90. The topological polar surface area (TPSA) is 39.2 Å². The maximum atomic E-state index is 11.4. The second-order valence-electron chi connectivity index (χ2n) is 3.73. The van der Waals surface area contributed by atoms with Gasteiger partial charge < -0.3 is 4.74 Å². The van der Waals surface area contributed by atoms with Gasteiger partial charge in [-0.15, -0.1) is 0 Å². The molecule has 1 aromatic heterocycles. The quantitative estimate of drug-likeness (QED) is 0.773. The predicted octanol–water partition coefficient (Wildman–Crippen LogP) is 3.04. The highest BCUT2D eigenvalue weighted by Gasteiger charge is 2.03. The molecule has 18 heavy (non-hydrogen) atoms. The largest absolute Gasteiger partial charge is 0.465 e. The van der Waals surface area contributed by atoms with Gasteiger partial charge in [0.15, 0.2) is 0 Å². The van der Waals surface area contributed by atoms with E-state index in [2.05, 4.69) is 9.72 Å². The van der Waals surface area contributed by atoms with Crippen molar-refractivity contribution >= 4 is 18.1 Å². The summed E-state index contributed by atoms with van der Waals surface area (Å²) in [5.41, 5.74) is 2.57. The van der Waals surface area contributed by atoms with Gasteiger partial charge in [0.2, 0.25) is 0 Å². The first-order valence-corrected chi connectivity index (χ1v) is 5.56. The van der Waals surface area contributed by atoms with Crippen LogP contribution in [0.1, 0.15) is 21.5 Å². The minimum absolute atomic E-state index is 0.325. The monoisotopic (exact) mass is 239 g/mol. The molecule has 90 valence electrons. The maximum Gasteiger partial charge on any atom is 0.337 e. The molecule has 0 bridgehead atoms. The highest BCUT2D eigenvalue weighted by Crippen LogP contribution is 2.10. The number of aromatic nitrogens is 1. The standard InChI is InChI=1S/C15H13NO2/c1-18-15(17)14-4-2-3-13(11-14)6-5-12-7-9-16-10-8-12/h2-11H,1H3/b6-5+. The number of rotatable bonds is 3. The van der Waals surface area contributed by atoms with Gasteiger partial charge in [0.25, 0.3) is 0 Å². The van der Waals surface area contributed by atoms with Gasteiger partial charge in [-0.1, -0.05) is 24.3 Å². The smallest absolute Gasteiger partial charge is 0.337 e. The molecule has 1 heterocycles. The third-order valence-electron chi connectivity index (χ3n) is 2.48. The van der Waals surface area contributed by atoms with E-state index in [4.69, 9.17) is 0 Å². The first-order chi connectivity index (χ1) is 8.79. The summed E-state index contributed by atoms with van der Waals surface area (Å²) in [4.78, 5) is 15.3. The number of nitrogens with zero attached hydrogens (tertiary/aromatic N) is 1. The molecule has 0 aliphatic carbocycles. The summed E-state index contributed by atoms with van der Waals surface area (Å²) in [6, 6.07) is 11.1. The molecule has 0 saturated carbocycles. The Morgan fingerprint density at radius 1 is 1.11 bits per heavy atom. The van der Waals surface area contributed by atoms with Gasteiger partial charge >= 0.3 is 5.97 Å². The number of esters is 1. The van der Waals surface area contributed by atoms with Crippen LogP contribution in [0.5, 0.6) is 0 Å². The number of hydrogen-bond donors (Lipinski definition) is 0. The zero-order valence-electron chi connectivity index (χ0n) is 10.0. The summed E-state index contributed by atoms with van der Waals surface area (Å²) >= 11 is 0.